The van der Waals surface area contributed by atoms with Gasteiger partial charge in [-0.3, -0.25) is 4.79 Å². The highest BCUT2D eigenvalue weighted by atomic mass is 16.5. The lowest BCUT2D eigenvalue weighted by Gasteiger charge is -2.25. The first-order valence-corrected chi connectivity index (χ1v) is 9.31. The molecule has 1 saturated carbocycles. The predicted molar refractivity (Wildman–Crippen MR) is 99.3 cm³/mol. The normalized spacial score (nSPS) is 27.9. The number of pyridine rings is 1. The molecule has 2 heterocycles. The molecule has 1 aromatic carbocycles. The second-order valence-corrected chi connectivity index (χ2v) is 7.34. The lowest BCUT2D eigenvalue weighted by molar-refractivity contribution is -0.124. The van der Waals surface area contributed by atoms with E-state index in [1.807, 2.05) is 36.4 Å². The number of aromatic nitrogens is 1. The Balaban J connectivity index is 1.56. The SMILES string of the molecule is NC(=O)C1([C@H](CO)c2ccc(O[C@H]3CCOC3)nc2)CC1c1ccccc1. The van der Waals surface area contributed by atoms with Gasteiger partial charge in [0.2, 0.25) is 11.8 Å². The van der Waals surface area contributed by atoms with Crippen LogP contribution in [0.15, 0.2) is 48.7 Å². The lowest BCUT2D eigenvalue weighted by atomic mass is 9.80. The maximum absolute atomic E-state index is 12.4. The number of benzene rings is 1. The largest absolute Gasteiger partial charge is 0.472 e. The van der Waals surface area contributed by atoms with Crippen molar-refractivity contribution in [2.24, 2.45) is 11.1 Å². The summed E-state index contributed by atoms with van der Waals surface area (Å²) in [6, 6.07) is 13.5. The summed E-state index contributed by atoms with van der Waals surface area (Å²) in [7, 11) is 0. The molecule has 0 bridgehead atoms. The van der Waals surface area contributed by atoms with Crippen LogP contribution in [0.5, 0.6) is 5.88 Å². The summed E-state index contributed by atoms with van der Waals surface area (Å²) >= 11 is 0. The Hall–Kier alpha value is -2.44. The van der Waals surface area contributed by atoms with Gasteiger partial charge in [0.1, 0.15) is 6.10 Å². The van der Waals surface area contributed by atoms with Crippen LogP contribution in [0, 0.1) is 5.41 Å². The summed E-state index contributed by atoms with van der Waals surface area (Å²) in [6.45, 7) is 1.12. The number of hydrogen-bond donors (Lipinski definition) is 2. The molecule has 0 spiro atoms. The molecule has 27 heavy (non-hydrogen) atoms. The molecule has 2 aliphatic rings. The van der Waals surface area contributed by atoms with Gasteiger partial charge in [0, 0.05) is 30.5 Å². The van der Waals surface area contributed by atoms with E-state index in [9.17, 15) is 9.90 Å². The van der Waals surface area contributed by atoms with Crippen LogP contribution in [0.25, 0.3) is 0 Å². The van der Waals surface area contributed by atoms with Gasteiger partial charge in [-0.25, -0.2) is 4.98 Å². The number of nitrogens with two attached hydrogens (primary N) is 1. The Bertz CT molecular complexity index is 790. The van der Waals surface area contributed by atoms with Crippen LogP contribution in [0.3, 0.4) is 0 Å². The molecule has 2 fully saturated rings. The van der Waals surface area contributed by atoms with Crippen LogP contribution in [0.2, 0.25) is 0 Å². The van der Waals surface area contributed by atoms with Gasteiger partial charge in [0.25, 0.3) is 0 Å². The van der Waals surface area contributed by atoms with Gasteiger partial charge >= 0.3 is 0 Å². The van der Waals surface area contributed by atoms with Gasteiger partial charge in [-0.15, -0.1) is 0 Å². The summed E-state index contributed by atoms with van der Waals surface area (Å²) in [6.07, 6.45) is 3.19. The number of primary amides is 1. The van der Waals surface area contributed by atoms with E-state index in [2.05, 4.69) is 4.98 Å². The number of aliphatic hydroxyl groups excluding tert-OH is 1. The predicted octanol–water partition coefficient (Wildman–Crippen LogP) is 1.98. The molecule has 1 saturated heterocycles. The fraction of sp³-hybridized carbons (Fsp3) is 0.429. The van der Waals surface area contributed by atoms with E-state index in [1.165, 1.54) is 0 Å². The summed E-state index contributed by atoms with van der Waals surface area (Å²) in [5.41, 5.74) is 6.89. The Labute approximate surface area is 158 Å². The minimum Gasteiger partial charge on any atom is -0.472 e. The zero-order valence-corrected chi connectivity index (χ0v) is 15.1. The van der Waals surface area contributed by atoms with E-state index in [4.69, 9.17) is 15.2 Å². The molecule has 1 aromatic heterocycles. The highest BCUT2D eigenvalue weighted by molar-refractivity contribution is 5.87. The highest BCUT2D eigenvalue weighted by Gasteiger charge is 2.64. The Morgan fingerprint density at radius 1 is 1.33 bits per heavy atom. The Kier molecular flexibility index (Phi) is 4.85. The molecule has 6 nitrogen and oxygen atoms in total. The number of ether oxygens (including phenoxy) is 2. The standard InChI is InChI=1S/C21H24N2O4/c22-20(25)21(10-17(21)14-4-2-1-3-5-14)18(12-24)15-6-7-19(23-11-15)27-16-8-9-26-13-16/h1-7,11,16-18,24H,8-10,12-13H2,(H2,22,25)/t16-,17?,18+,21?/m0/s1. The fourth-order valence-corrected chi connectivity index (χ4v) is 4.22. The maximum atomic E-state index is 12.4. The van der Waals surface area contributed by atoms with E-state index in [0.29, 0.717) is 25.5 Å². The molecule has 2 aromatic rings. The third kappa shape index (κ3) is 3.31. The zero-order chi connectivity index (χ0) is 18.9. The van der Waals surface area contributed by atoms with Gasteiger partial charge in [-0.05, 0) is 17.5 Å². The Morgan fingerprint density at radius 2 is 2.15 bits per heavy atom. The average Bonchev–Trinajstić information content (AvgIpc) is 3.24. The number of hydrogen-bond acceptors (Lipinski definition) is 5. The van der Waals surface area contributed by atoms with Crippen molar-refractivity contribution in [3.8, 4) is 5.88 Å². The van der Waals surface area contributed by atoms with Crippen molar-refractivity contribution in [1.82, 2.24) is 4.98 Å². The number of aliphatic hydroxyl groups is 1. The first kappa shape index (κ1) is 17.9. The van der Waals surface area contributed by atoms with Crippen LogP contribution < -0.4 is 10.5 Å². The monoisotopic (exact) mass is 368 g/mol. The van der Waals surface area contributed by atoms with Gasteiger partial charge in [-0.2, -0.15) is 0 Å². The second-order valence-electron chi connectivity index (χ2n) is 7.34. The molecule has 1 aliphatic heterocycles. The fourth-order valence-electron chi connectivity index (χ4n) is 4.22. The lowest BCUT2D eigenvalue weighted by Crippen LogP contribution is -2.34. The minimum absolute atomic E-state index is 0.0138. The summed E-state index contributed by atoms with van der Waals surface area (Å²) in [4.78, 5) is 16.8. The second kappa shape index (κ2) is 7.29. The maximum Gasteiger partial charge on any atom is 0.224 e. The van der Waals surface area contributed by atoms with Gasteiger partial charge < -0.3 is 20.3 Å². The van der Waals surface area contributed by atoms with Crippen LogP contribution in [0.4, 0.5) is 0 Å². The van der Waals surface area contributed by atoms with Gasteiger partial charge in [-0.1, -0.05) is 36.4 Å². The van der Waals surface area contributed by atoms with E-state index in [-0.39, 0.29) is 24.5 Å². The van der Waals surface area contributed by atoms with Crippen molar-refractivity contribution in [2.45, 2.75) is 30.8 Å². The third-order valence-electron chi connectivity index (χ3n) is 5.81. The van der Waals surface area contributed by atoms with Crippen LogP contribution >= 0.6 is 0 Å². The molecule has 1 amide bonds. The molecule has 3 N–H and O–H groups in total. The van der Waals surface area contributed by atoms with Crippen LogP contribution in [-0.2, 0) is 9.53 Å². The van der Waals surface area contributed by atoms with E-state index in [1.54, 1.807) is 12.3 Å². The van der Waals surface area contributed by atoms with Crippen molar-refractivity contribution in [3.05, 3.63) is 59.8 Å². The van der Waals surface area contributed by atoms with Gasteiger partial charge in [0.15, 0.2) is 0 Å². The average molecular weight is 368 g/mol. The summed E-state index contributed by atoms with van der Waals surface area (Å²) in [5.74, 6) is -0.232. The van der Waals surface area contributed by atoms with Crippen molar-refractivity contribution in [3.63, 3.8) is 0 Å². The summed E-state index contributed by atoms with van der Waals surface area (Å²) in [5, 5.41) is 10.1. The molecule has 4 rings (SSSR count). The molecule has 1 aliphatic carbocycles. The van der Waals surface area contributed by atoms with Crippen molar-refractivity contribution in [2.75, 3.05) is 19.8 Å². The number of nitrogens with zero attached hydrogens (tertiary/aromatic N) is 1. The van der Waals surface area contributed by atoms with Crippen LogP contribution in [0.1, 0.15) is 35.8 Å². The van der Waals surface area contributed by atoms with Crippen LogP contribution in [-0.4, -0.2) is 41.9 Å². The van der Waals surface area contributed by atoms with Gasteiger partial charge in [0.05, 0.1) is 25.2 Å². The minimum atomic E-state index is -0.778. The quantitative estimate of drug-likeness (QED) is 0.779. The number of rotatable bonds is 7. The molecular formula is C21H24N2O4. The topological polar surface area (TPSA) is 94.7 Å². The number of amides is 1. The molecule has 2 unspecified atom stereocenters. The third-order valence-corrected chi connectivity index (χ3v) is 5.81. The molecule has 142 valence electrons. The smallest absolute Gasteiger partial charge is 0.224 e. The number of carbonyl (C=O) groups is 1. The van der Waals surface area contributed by atoms with E-state index < -0.39 is 11.3 Å². The first-order chi connectivity index (χ1) is 13.1. The van der Waals surface area contributed by atoms with E-state index in [0.717, 1.165) is 17.5 Å². The van der Waals surface area contributed by atoms with Crippen molar-refractivity contribution >= 4 is 5.91 Å². The molecular weight excluding hydrogens is 344 g/mol. The van der Waals surface area contributed by atoms with E-state index >= 15 is 0 Å². The zero-order valence-electron chi connectivity index (χ0n) is 15.1. The summed E-state index contributed by atoms with van der Waals surface area (Å²) < 4.78 is 11.1. The van der Waals surface area contributed by atoms with Crippen molar-refractivity contribution in [1.29, 1.82) is 0 Å². The first-order valence-electron chi connectivity index (χ1n) is 9.31. The molecule has 4 atom stereocenters. The number of carbonyl (C=O) groups excluding carboxylic acids is 1. The Morgan fingerprint density at radius 3 is 2.74 bits per heavy atom. The van der Waals surface area contributed by atoms with Crippen molar-refractivity contribution < 1.29 is 19.4 Å². The highest BCUT2D eigenvalue weighted by Crippen LogP contribution is 2.66. The molecule has 0 radical (unpaired) electrons. The molecule has 6 heteroatoms.